The smallest absolute Gasteiger partial charge is 0.416 e. The molecule has 0 amide bonds. The van der Waals surface area contributed by atoms with Gasteiger partial charge in [-0.25, -0.2) is 23.2 Å². The number of benzene rings is 1. The first-order valence-electron chi connectivity index (χ1n) is 6.79. The van der Waals surface area contributed by atoms with Crippen molar-refractivity contribution in [3.05, 3.63) is 51.9 Å². The van der Waals surface area contributed by atoms with Crippen LogP contribution in [0.2, 0.25) is 0 Å². The lowest BCUT2D eigenvalue weighted by atomic mass is 10.1. The van der Waals surface area contributed by atoms with Crippen LogP contribution in [-0.4, -0.2) is 31.5 Å². The molecule has 0 aliphatic rings. The quantitative estimate of drug-likeness (QED) is 0.698. The van der Waals surface area contributed by atoms with Gasteiger partial charge in [-0.1, -0.05) is 15.9 Å². The Kier molecular flexibility index (Phi) is 5.86. The standard InChI is InChI=1S/C14H11BrF3N3O4S/c1-25-13(22)11-12(20-5-4-19-11)21-26(23,24)7-8-6-9(14(16,17)18)2-3-10(8)15/h2-6H,7H2,1H3,(H,20,21). The van der Waals surface area contributed by atoms with Crippen LogP contribution in [0.5, 0.6) is 0 Å². The van der Waals surface area contributed by atoms with Crippen LogP contribution in [0.4, 0.5) is 19.0 Å². The molecule has 140 valence electrons. The molecular weight excluding hydrogens is 443 g/mol. The maximum absolute atomic E-state index is 12.8. The molecule has 0 saturated heterocycles. The van der Waals surface area contributed by atoms with Crippen LogP contribution >= 0.6 is 15.9 Å². The molecule has 0 saturated carbocycles. The van der Waals surface area contributed by atoms with E-state index in [4.69, 9.17) is 0 Å². The molecule has 0 spiro atoms. The topological polar surface area (TPSA) is 98.2 Å². The summed E-state index contributed by atoms with van der Waals surface area (Å²) in [4.78, 5) is 19.0. The fraction of sp³-hybridized carbons (Fsp3) is 0.214. The summed E-state index contributed by atoms with van der Waals surface area (Å²) in [5.74, 6) is -2.09. The minimum absolute atomic E-state index is 0.115. The second-order valence-electron chi connectivity index (χ2n) is 4.91. The first-order chi connectivity index (χ1) is 12.0. The molecule has 1 heterocycles. The number of sulfonamides is 1. The molecule has 1 aromatic heterocycles. The number of rotatable bonds is 5. The Morgan fingerprint density at radius 3 is 2.54 bits per heavy atom. The first kappa shape index (κ1) is 20.1. The predicted molar refractivity (Wildman–Crippen MR) is 88.8 cm³/mol. The third kappa shape index (κ3) is 4.91. The summed E-state index contributed by atoms with van der Waals surface area (Å²) in [6.07, 6.45) is -2.31. The summed E-state index contributed by atoms with van der Waals surface area (Å²) >= 11 is 3.02. The summed E-state index contributed by atoms with van der Waals surface area (Å²) < 4.78 is 69.7. The molecule has 2 rings (SSSR count). The van der Waals surface area contributed by atoms with E-state index in [1.54, 1.807) is 0 Å². The highest BCUT2D eigenvalue weighted by Gasteiger charge is 2.31. The highest BCUT2D eigenvalue weighted by molar-refractivity contribution is 9.10. The van der Waals surface area contributed by atoms with Gasteiger partial charge in [-0.05, 0) is 23.8 Å². The van der Waals surface area contributed by atoms with E-state index in [1.807, 2.05) is 4.72 Å². The Bertz CT molecular complexity index is 935. The Morgan fingerprint density at radius 1 is 1.27 bits per heavy atom. The van der Waals surface area contributed by atoms with Crippen molar-refractivity contribution in [1.29, 1.82) is 0 Å². The van der Waals surface area contributed by atoms with Gasteiger partial charge in [0.1, 0.15) is 0 Å². The SMILES string of the molecule is COC(=O)c1nccnc1NS(=O)(=O)Cc1cc(C(F)(F)F)ccc1Br. The van der Waals surface area contributed by atoms with Crippen molar-refractivity contribution in [2.24, 2.45) is 0 Å². The third-order valence-corrected chi connectivity index (χ3v) is 5.02. The monoisotopic (exact) mass is 453 g/mol. The summed E-state index contributed by atoms with van der Waals surface area (Å²) in [5, 5.41) is 0. The molecule has 0 unspecified atom stereocenters. The second kappa shape index (κ2) is 7.58. The molecule has 1 N–H and O–H groups in total. The highest BCUT2D eigenvalue weighted by Crippen LogP contribution is 2.32. The number of alkyl halides is 3. The lowest BCUT2D eigenvalue weighted by Gasteiger charge is -2.12. The molecular formula is C14H11BrF3N3O4S. The summed E-state index contributed by atoms with van der Waals surface area (Å²) in [7, 11) is -3.12. The van der Waals surface area contributed by atoms with Gasteiger partial charge in [0.2, 0.25) is 10.0 Å². The minimum Gasteiger partial charge on any atom is -0.464 e. The first-order valence-corrected chi connectivity index (χ1v) is 9.23. The van der Waals surface area contributed by atoms with Gasteiger partial charge in [0, 0.05) is 16.9 Å². The Balaban J connectivity index is 2.33. The van der Waals surface area contributed by atoms with E-state index in [0.29, 0.717) is 0 Å². The van der Waals surface area contributed by atoms with Gasteiger partial charge >= 0.3 is 12.1 Å². The molecule has 0 aliphatic carbocycles. The average Bonchev–Trinajstić information content (AvgIpc) is 2.55. The van der Waals surface area contributed by atoms with Crippen molar-refractivity contribution in [1.82, 2.24) is 9.97 Å². The lowest BCUT2D eigenvalue weighted by Crippen LogP contribution is -2.20. The van der Waals surface area contributed by atoms with Gasteiger partial charge in [0.05, 0.1) is 18.4 Å². The van der Waals surface area contributed by atoms with E-state index < -0.39 is 33.5 Å². The molecule has 1 aromatic carbocycles. The van der Waals surface area contributed by atoms with Crippen LogP contribution in [-0.2, 0) is 26.7 Å². The maximum atomic E-state index is 12.8. The number of aromatic nitrogens is 2. The summed E-state index contributed by atoms with van der Waals surface area (Å²) in [6, 6.07) is 2.66. The molecule has 7 nitrogen and oxygen atoms in total. The number of esters is 1. The van der Waals surface area contributed by atoms with Crippen molar-refractivity contribution in [2.75, 3.05) is 11.8 Å². The fourth-order valence-electron chi connectivity index (χ4n) is 1.91. The van der Waals surface area contributed by atoms with Crippen LogP contribution in [0.3, 0.4) is 0 Å². The average molecular weight is 454 g/mol. The molecule has 2 aromatic rings. The number of nitrogens with one attached hydrogen (secondary N) is 1. The zero-order valence-corrected chi connectivity index (χ0v) is 15.4. The third-order valence-electron chi connectivity index (χ3n) is 3.05. The van der Waals surface area contributed by atoms with Crippen molar-refractivity contribution < 1.29 is 31.1 Å². The Morgan fingerprint density at radius 2 is 1.92 bits per heavy atom. The van der Waals surface area contributed by atoms with Crippen molar-refractivity contribution in [3.8, 4) is 0 Å². The number of nitrogens with zero attached hydrogens (tertiary/aromatic N) is 2. The lowest BCUT2D eigenvalue weighted by molar-refractivity contribution is -0.137. The number of hydrogen-bond acceptors (Lipinski definition) is 6. The normalized spacial score (nSPS) is 11.9. The molecule has 0 radical (unpaired) electrons. The number of carbonyl (C=O) groups excluding carboxylic acids is 1. The van der Waals surface area contributed by atoms with E-state index in [2.05, 4.69) is 30.6 Å². The Hall–Kier alpha value is -2.21. The molecule has 0 atom stereocenters. The van der Waals surface area contributed by atoms with Crippen molar-refractivity contribution in [2.45, 2.75) is 11.9 Å². The van der Waals surface area contributed by atoms with Gasteiger partial charge < -0.3 is 4.74 Å². The fourth-order valence-corrected chi connectivity index (χ4v) is 3.65. The van der Waals surface area contributed by atoms with E-state index >= 15 is 0 Å². The number of anilines is 1. The number of ether oxygens (including phenoxy) is 1. The molecule has 0 fully saturated rings. The molecule has 26 heavy (non-hydrogen) atoms. The number of hydrogen-bond donors (Lipinski definition) is 1. The van der Waals surface area contributed by atoms with Crippen LogP contribution in [0, 0.1) is 0 Å². The summed E-state index contributed by atoms with van der Waals surface area (Å²) in [5.41, 5.74) is -1.47. The minimum atomic E-state index is -4.62. The second-order valence-corrected chi connectivity index (χ2v) is 7.49. The van der Waals surface area contributed by atoms with E-state index in [-0.39, 0.29) is 21.5 Å². The molecule has 12 heteroatoms. The van der Waals surface area contributed by atoms with Crippen LogP contribution < -0.4 is 4.72 Å². The van der Waals surface area contributed by atoms with Crippen LogP contribution in [0.1, 0.15) is 21.6 Å². The van der Waals surface area contributed by atoms with Gasteiger partial charge in [-0.15, -0.1) is 0 Å². The molecule has 0 bridgehead atoms. The number of methoxy groups -OCH3 is 1. The van der Waals surface area contributed by atoms with Gasteiger partial charge in [0.25, 0.3) is 0 Å². The molecule has 0 aliphatic heterocycles. The maximum Gasteiger partial charge on any atom is 0.416 e. The summed E-state index contributed by atoms with van der Waals surface area (Å²) in [6.45, 7) is 0. The van der Waals surface area contributed by atoms with Crippen molar-refractivity contribution >= 4 is 37.7 Å². The zero-order valence-electron chi connectivity index (χ0n) is 13.0. The van der Waals surface area contributed by atoms with Crippen LogP contribution in [0.15, 0.2) is 35.1 Å². The number of halogens is 4. The van der Waals surface area contributed by atoms with Gasteiger partial charge in [-0.2, -0.15) is 13.2 Å². The predicted octanol–water partition coefficient (Wildman–Crippen LogP) is 2.99. The van der Waals surface area contributed by atoms with E-state index in [1.165, 1.54) is 0 Å². The number of carbonyl (C=O) groups is 1. The van der Waals surface area contributed by atoms with Crippen LogP contribution in [0.25, 0.3) is 0 Å². The van der Waals surface area contributed by atoms with E-state index in [9.17, 15) is 26.4 Å². The highest BCUT2D eigenvalue weighted by atomic mass is 79.9. The van der Waals surface area contributed by atoms with Gasteiger partial charge in [0.15, 0.2) is 11.5 Å². The van der Waals surface area contributed by atoms with E-state index in [0.717, 1.165) is 37.7 Å². The van der Waals surface area contributed by atoms with Crippen molar-refractivity contribution in [3.63, 3.8) is 0 Å². The zero-order chi connectivity index (χ0) is 19.5. The largest absolute Gasteiger partial charge is 0.464 e. The van der Waals surface area contributed by atoms with Gasteiger partial charge in [-0.3, -0.25) is 4.72 Å². The Labute approximate surface area is 154 Å².